The van der Waals surface area contributed by atoms with Crippen LogP contribution in [-0.2, 0) is 6.54 Å². The van der Waals surface area contributed by atoms with Gasteiger partial charge in [0.2, 0.25) is 0 Å². The fourth-order valence-electron chi connectivity index (χ4n) is 2.80. The molecule has 0 amide bonds. The molecule has 1 heterocycles. The van der Waals surface area contributed by atoms with E-state index < -0.39 is 0 Å². The van der Waals surface area contributed by atoms with Crippen LogP contribution in [0.2, 0.25) is 0 Å². The molecule has 1 saturated carbocycles. The first kappa shape index (κ1) is 12.8. The zero-order valence-electron chi connectivity index (χ0n) is 11.3. The minimum absolute atomic E-state index is 0.355. The van der Waals surface area contributed by atoms with Gasteiger partial charge >= 0.3 is 0 Å². The van der Waals surface area contributed by atoms with Crippen LogP contribution in [0.15, 0.2) is 18.2 Å². The molecule has 1 aromatic rings. The van der Waals surface area contributed by atoms with Gasteiger partial charge in [-0.05, 0) is 42.5 Å². The molecule has 4 nitrogen and oxygen atoms in total. The molecule has 0 spiro atoms. The highest BCUT2D eigenvalue weighted by molar-refractivity contribution is 5.43. The molecule has 0 atom stereocenters. The van der Waals surface area contributed by atoms with E-state index in [1.54, 1.807) is 0 Å². The zero-order chi connectivity index (χ0) is 13.1. The van der Waals surface area contributed by atoms with Crippen LogP contribution in [0.5, 0.6) is 11.5 Å². The second-order valence-corrected chi connectivity index (χ2v) is 5.64. The fourth-order valence-corrected chi connectivity index (χ4v) is 2.80. The van der Waals surface area contributed by atoms with Gasteiger partial charge < -0.3 is 20.5 Å². The maximum Gasteiger partial charge on any atom is 0.161 e. The molecule has 19 heavy (non-hydrogen) atoms. The average molecular weight is 262 g/mol. The van der Waals surface area contributed by atoms with Crippen LogP contribution in [0.4, 0.5) is 0 Å². The average Bonchev–Trinajstić information content (AvgIpc) is 2.42. The Morgan fingerprint density at radius 2 is 1.95 bits per heavy atom. The number of benzene rings is 1. The van der Waals surface area contributed by atoms with Crippen LogP contribution in [-0.4, -0.2) is 26.3 Å². The van der Waals surface area contributed by atoms with Crippen molar-refractivity contribution in [2.24, 2.45) is 11.1 Å². The van der Waals surface area contributed by atoms with Crippen LogP contribution >= 0.6 is 0 Å². The Bertz CT molecular complexity index is 438. The van der Waals surface area contributed by atoms with E-state index in [2.05, 4.69) is 17.4 Å². The number of rotatable bonds is 5. The Morgan fingerprint density at radius 1 is 1.16 bits per heavy atom. The summed E-state index contributed by atoms with van der Waals surface area (Å²) in [6, 6.07) is 6.15. The van der Waals surface area contributed by atoms with E-state index >= 15 is 0 Å². The largest absolute Gasteiger partial charge is 0.486 e. The maximum atomic E-state index is 5.86. The zero-order valence-corrected chi connectivity index (χ0v) is 11.3. The second-order valence-electron chi connectivity index (χ2n) is 5.64. The Kier molecular flexibility index (Phi) is 3.62. The predicted molar refractivity (Wildman–Crippen MR) is 74.5 cm³/mol. The third-order valence-corrected chi connectivity index (χ3v) is 4.28. The van der Waals surface area contributed by atoms with Gasteiger partial charge in [0.1, 0.15) is 13.2 Å². The smallest absolute Gasteiger partial charge is 0.161 e. The number of nitrogens with one attached hydrogen (secondary N) is 1. The summed E-state index contributed by atoms with van der Waals surface area (Å²) in [5, 5.41) is 3.53. The van der Waals surface area contributed by atoms with Crippen LogP contribution < -0.4 is 20.5 Å². The Balaban J connectivity index is 1.55. The highest BCUT2D eigenvalue weighted by Crippen LogP contribution is 2.39. The van der Waals surface area contributed by atoms with Crippen molar-refractivity contribution in [2.75, 3.05) is 26.3 Å². The lowest BCUT2D eigenvalue weighted by atomic mass is 9.69. The number of ether oxygens (including phenoxy) is 2. The SMILES string of the molecule is NCC1(CNCc2ccc3c(c2)OCCO3)CCC1. The molecule has 0 unspecified atom stereocenters. The summed E-state index contributed by atoms with van der Waals surface area (Å²) in [5.41, 5.74) is 7.45. The van der Waals surface area contributed by atoms with Gasteiger partial charge in [0.15, 0.2) is 11.5 Å². The topological polar surface area (TPSA) is 56.5 Å². The summed E-state index contributed by atoms with van der Waals surface area (Å²) in [6.45, 7) is 3.95. The second kappa shape index (κ2) is 5.39. The van der Waals surface area contributed by atoms with Gasteiger partial charge in [-0.15, -0.1) is 0 Å². The van der Waals surface area contributed by atoms with Gasteiger partial charge in [0.25, 0.3) is 0 Å². The van der Waals surface area contributed by atoms with Crippen molar-refractivity contribution in [2.45, 2.75) is 25.8 Å². The fraction of sp³-hybridized carbons (Fsp3) is 0.600. The van der Waals surface area contributed by atoms with Gasteiger partial charge in [-0.3, -0.25) is 0 Å². The molecule has 3 N–H and O–H groups in total. The number of nitrogens with two attached hydrogens (primary N) is 1. The standard InChI is InChI=1S/C15H22N2O2/c16-10-15(4-1-5-15)11-17-9-12-2-3-13-14(8-12)19-7-6-18-13/h2-3,8,17H,1,4-7,9-11,16H2. The normalized spacial score (nSPS) is 19.8. The van der Waals surface area contributed by atoms with E-state index in [1.807, 2.05) is 6.07 Å². The maximum absolute atomic E-state index is 5.86. The van der Waals surface area contributed by atoms with Gasteiger partial charge in [0.05, 0.1) is 0 Å². The summed E-state index contributed by atoms with van der Waals surface area (Å²) in [7, 11) is 0. The first-order valence-corrected chi connectivity index (χ1v) is 7.11. The summed E-state index contributed by atoms with van der Waals surface area (Å²) in [5.74, 6) is 1.72. The van der Waals surface area contributed by atoms with Crippen LogP contribution in [0.1, 0.15) is 24.8 Å². The molecule has 0 bridgehead atoms. The monoisotopic (exact) mass is 262 g/mol. The van der Waals surface area contributed by atoms with Crippen molar-refractivity contribution in [1.29, 1.82) is 0 Å². The minimum atomic E-state index is 0.355. The van der Waals surface area contributed by atoms with E-state index in [0.29, 0.717) is 18.6 Å². The third-order valence-electron chi connectivity index (χ3n) is 4.28. The van der Waals surface area contributed by atoms with Crippen molar-refractivity contribution in [3.8, 4) is 11.5 Å². The molecular weight excluding hydrogens is 240 g/mol. The highest BCUT2D eigenvalue weighted by atomic mass is 16.6. The summed E-state index contributed by atoms with van der Waals surface area (Å²) in [4.78, 5) is 0. The minimum Gasteiger partial charge on any atom is -0.486 e. The molecule has 1 aromatic carbocycles. The number of hydrogen-bond donors (Lipinski definition) is 2. The lowest BCUT2D eigenvalue weighted by Crippen LogP contribution is -2.45. The summed E-state index contributed by atoms with van der Waals surface area (Å²) >= 11 is 0. The molecule has 104 valence electrons. The summed E-state index contributed by atoms with van der Waals surface area (Å²) < 4.78 is 11.1. The Morgan fingerprint density at radius 3 is 2.63 bits per heavy atom. The molecule has 1 aliphatic heterocycles. The van der Waals surface area contributed by atoms with Gasteiger partial charge in [-0.25, -0.2) is 0 Å². The van der Waals surface area contributed by atoms with Crippen LogP contribution in [0, 0.1) is 5.41 Å². The molecule has 1 fully saturated rings. The molecule has 2 aliphatic rings. The molecule has 1 aliphatic carbocycles. The van der Waals surface area contributed by atoms with E-state index in [0.717, 1.165) is 31.1 Å². The van der Waals surface area contributed by atoms with Gasteiger partial charge in [-0.1, -0.05) is 12.5 Å². The molecule has 0 radical (unpaired) electrons. The molecule has 3 rings (SSSR count). The van der Waals surface area contributed by atoms with E-state index in [1.165, 1.54) is 24.8 Å². The predicted octanol–water partition coefficient (Wildman–Crippen LogP) is 1.68. The van der Waals surface area contributed by atoms with Crippen molar-refractivity contribution in [1.82, 2.24) is 5.32 Å². The lowest BCUT2D eigenvalue weighted by Gasteiger charge is -2.41. The molecular formula is C15H22N2O2. The lowest BCUT2D eigenvalue weighted by molar-refractivity contribution is 0.140. The Labute approximate surface area is 114 Å². The van der Waals surface area contributed by atoms with Crippen molar-refractivity contribution >= 4 is 0 Å². The van der Waals surface area contributed by atoms with E-state index in [4.69, 9.17) is 15.2 Å². The van der Waals surface area contributed by atoms with E-state index in [-0.39, 0.29) is 0 Å². The van der Waals surface area contributed by atoms with E-state index in [9.17, 15) is 0 Å². The molecule has 0 aromatic heterocycles. The molecule has 4 heteroatoms. The third kappa shape index (κ3) is 2.69. The van der Waals surface area contributed by atoms with Crippen molar-refractivity contribution in [3.63, 3.8) is 0 Å². The summed E-state index contributed by atoms with van der Waals surface area (Å²) in [6.07, 6.45) is 3.85. The van der Waals surface area contributed by atoms with Gasteiger partial charge in [-0.2, -0.15) is 0 Å². The molecule has 0 saturated heterocycles. The first-order chi connectivity index (χ1) is 9.31. The van der Waals surface area contributed by atoms with Crippen molar-refractivity contribution < 1.29 is 9.47 Å². The first-order valence-electron chi connectivity index (χ1n) is 7.11. The highest BCUT2D eigenvalue weighted by Gasteiger charge is 2.34. The Hall–Kier alpha value is -1.26. The quantitative estimate of drug-likeness (QED) is 0.847. The van der Waals surface area contributed by atoms with Crippen molar-refractivity contribution in [3.05, 3.63) is 23.8 Å². The van der Waals surface area contributed by atoms with Crippen LogP contribution in [0.3, 0.4) is 0 Å². The van der Waals surface area contributed by atoms with Gasteiger partial charge in [0, 0.05) is 13.1 Å². The number of hydrogen-bond acceptors (Lipinski definition) is 4. The number of fused-ring (bicyclic) bond motifs is 1. The van der Waals surface area contributed by atoms with Crippen LogP contribution in [0.25, 0.3) is 0 Å².